The fourth-order valence-electron chi connectivity index (χ4n) is 3.35. The molecule has 140 valence electrons. The molecule has 0 aromatic heterocycles. The first-order valence-corrected chi connectivity index (χ1v) is 8.71. The summed E-state index contributed by atoms with van der Waals surface area (Å²) in [6.45, 7) is 4.14. The first-order valence-electron chi connectivity index (χ1n) is 8.71. The van der Waals surface area contributed by atoms with Crippen LogP contribution in [0.2, 0.25) is 0 Å². The van der Waals surface area contributed by atoms with Crippen molar-refractivity contribution in [3.8, 4) is 5.75 Å². The van der Waals surface area contributed by atoms with Crippen LogP contribution in [0.4, 0.5) is 10.5 Å². The van der Waals surface area contributed by atoms with Crippen molar-refractivity contribution in [2.45, 2.75) is 19.4 Å². The summed E-state index contributed by atoms with van der Waals surface area (Å²) in [4.78, 5) is 41.9. The molecule has 26 heavy (non-hydrogen) atoms. The second kappa shape index (κ2) is 7.74. The number of carbonyl (C=O) groups excluding carboxylic acids is 3. The topological polar surface area (TPSA) is 79.4 Å². The molecule has 8 heteroatoms. The van der Waals surface area contributed by atoms with Gasteiger partial charge >= 0.3 is 6.09 Å². The zero-order valence-corrected chi connectivity index (χ0v) is 15.0. The number of imide groups is 1. The van der Waals surface area contributed by atoms with Crippen LogP contribution in [0, 0.1) is 0 Å². The molecule has 0 aliphatic carbocycles. The van der Waals surface area contributed by atoms with Gasteiger partial charge < -0.3 is 14.4 Å². The van der Waals surface area contributed by atoms with Crippen molar-refractivity contribution in [2.75, 3.05) is 44.8 Å². The Labute approximate surface area is 152 Å². The Kier molecular flexibility index (Phi) is 5.41. The number of rotatable bonds is 4. The molecular formula is C18H23N3O5. The monoisotopic (exact) mass is 361 g/mol. The first-order chi connectivity index (χ1) is 12.5. The van der Waals surface area contributed by atoms with Gasteiger partial charge in [0.25, 0.3) is 5.91 Å². The van der Waals surface area contributed by atoms with Gasteiger partial charge in [0.05, 0.1) is 31.9 Å². The molecule has 0 spiro atoms. The third-order valence-corrected chi connectivity index (χ3v) is 4.72. The van der Waals surface area contributed by atoms with Crippen LogP contribution in [0.1, 0.15) is 13.3 Å². The van der Waals surface area contributed by atoms with E-state index in [0.717, 1.165) is 0 Å². The zero-order valence-electron chi connectivity index (χ0n) is 15.0. The minimum Gasteiger partial charge on any atom is -0.497 e. The quantitative estimate of drug-likeness (QED) is 0.748. The zero-order chi connectivity index (χ0) is 18.7. The van der Waals surface area contributed by atoms with Gasteiger partial charge in [-0.3, -0.25) is 14.5 Å². The van der Waals surface area contributed by atoms with E-state index in [1.807, 2.05) is 4.90 Å². The van der Waals surface area contributed by atoms with Crippen LogP contribution in [-0.2, 0) is 14.3 Å². The molecule has 8 nitrogen and oxygen atoms in total. The van der Waals surface area contributed by atoms with E-state index in [4.69, 9.17) is 9.47 Å². The Morgan fingerprint density at radius 2 is 1.92 bits per heavy atom. The van der Waals surface area contributed by atoms with E-state index in [1.54, 1.807) is 43.2 Å². The van der Waals surface area contributed by atoms with E-state index in [1.165, 1.54) is 4.90 Å². The van der Waals surface area contributed by atoms with Crippen LogP contribution in [0.5, 0.6) is 5.75 Å². The fraction of sp³-hybridized carbons (Fsp3) is 0.500. The standard InChI is InChI=1S/C18H23N3O5/c1-3-26-18(24)20-9-7-19(8-10-20)15-12-16(22)21(17(15)23)13-5-4-6-14(11-13)25-2/h4-6,11,15H,3,7-10,12H2,1-2H3. The molecule has 0 radical (unpaired) electrons. The van der Waals surface area contributed by atoms with E-state index in [-0.39, 0.29) is 24.3 Å². The number of ether oxygens (including phenoxy) is 2. The molecular weight excluding hydrogens is 338 g/mol. The van der Waals surface area contributed by atoms with E-state index >= 15 is 0 Å². The normalized spacial score (nSPS) is 21.2. The van der Waals surface area contributed by atoms with Crippen LogP contribution >= 0.6 is 0 Å². The molecule has 0 saturated carbocycles. The average molecular weight is 361 g/mol. The van der Waals surface area contributed by atoms with E-state index in [2.05, 4.69) is 0 Å². The summed E-state index contributed by atoms with van der Waals surface area (Å²) in [6, 6.07) is 6.43. The summed E-state index contributed by atoms with van der Waals surface area (Å²) >= 11 is 0. The van der Waals surface area contributed by atoms with Gasteiger partial charge in [0.15, 0.2) is 0 Å². The predicted molar refractivity (Wildman–Crippen MR) is 94.1 cm³/mol. The third kappa shape index (κ3) is 3.50. The molecule has 2 fully saturated rings. The number of anilines is 1. The molecule has 0 N–H and O–H groups in total. The summed E-state index contributed by atoms with van der Waals surface area (Å²) in [5.41, 5.74) is 0.520. The van der Waals surface area contributed by atoms with E-state index in [0.29, 0.717) is 44.2 Å². The molecule has 0 bridgehead atoms. The summed E-state index contributed by atoms with van der Waals surface area (Å²) in [6.07, 6.45) is -0.186. The van der Waals surface area contributed by atoms with Crippen molar-refractivity contribution in [2.24, 2.45) is 0 Å². The lowest BCUT2D eigenvalue weighted by Crippen LogP contribution is -2.54. The van der Waals surface area contributed by atoms with Crippen molar-refractivity contribution >= 4 is 23.6 Å². The molecule has 2 saturated heterocycles. The summed E-state index contributed by atoms with van der Waals surface area (Å²) in [5, 5.41) is 0. The van der Waals surface area contributed by atoms with Gasteiger partial charge in [-0.05, 0) is 19.1 Å². The lowest BCUT2D eigenvalue weighted by molar-refractivity contribution is -0.123. The van der Waals surface area contributed by atoms with Crippen LogP contribution in [0.15, 0.2) is 24.3 Å². The highest BCUT2D eigenvalue weighted by molar-refractivity contribution is 6.22. The molecule has 1 aromatic carbocycles. The van der Waals surface area contributed by atoms with Crippen LogP contribution in [-0.4, -0.2) is 73.6 Å². The molecule has 2 heterocycles. The Hall–Kier alpha value is -2.61. The highest BCUT2D eigenvalue weighted by atomic mass is 16.6. The number of amides is 3. The van der Waals surface area contributed by atoms with Crippen molar-refractivity contribution in [3.63, 3.8) is 0 Å². The predicted octanol–water partition coefficient (Wildman–Crippen LogP) is 1.10. The minimum absolute atomic E-state index is 0.148. The second-order valence-electron chi connectivity index (χ2n) is 6.21. The smallest absolute Gasteiger partial charge is 0.409 e. The Morgan fingerprint density at radius 3 is 2.58 bits per heavy atom. The van der Waals surface area contributed by atoms with Crippen molar-refractivity contribution in [1.29, 1.82) is 0 Å². The van der Waals surface area contributed by atoms with Gasteiger partial charge in [-0.2, -0.15) is 0 Å². The summed E-state index contributed by atoms with van der Waals surface area (Å²) < 4.78 is 10.2. The summed E-state index contributed by atoms with van der Waals surface area (Å²) in [7, 11) is 1.54. The largest absolute Gasteiger partial charge is 0.497 e. The minimum atomic E-state index is -0.488. The number of benzene rings is 1. The average Bonchev–Trinajstić information content (AvgIpc) is 2.96. The molecule has 3 amide bonds. The van der Waals surface area contributed by atoms with Crippen molar-refractivity contribution < 1.29 is 23.9 Å². The molecule has 3 rings (SSSR count). The van der Waals surface area contributed by atoms with Gasteiger partial charge in [-0.15, -0.1) is 0 Å². The lowest BCUT2D eigenvalue weighted by Gasteiger charge is -2.36. The van der Waals surface area contributed by atoms with Gasteiger partial charge in [0.2, 0.25) is 5.91 Å². The number of methoxy groups -OCH3 is 1. The lowest BCUT2D eigenvalue weighted by atomic mass is 10.2. The van der Waals surface area contributed by atoms with Crippen LogP contribution in [0.25, 0.3) is 0 Å². The molecule has 1 aromatic rings. The number of hydrogen-bond acceptors (Lipinski definition) is 6. The maximum absolute atomic E-state index is 12.9. The second-order valence-corrected chi connectivity index (χ2v) is 6.21. The molecule has 1 unspecified atom stereocenters. The van der Waals surface area contributed by atoms with Gasteiger partial charge in [0.1, 0.15) is 5.75 Å². The number of piperazine rings is 1. The van der Waals surface area contributed by atoms with E-state index in [9.17, 15) is 14.4 Å². The third-order valence-electron chi connectivity index (χ3n) is 4.72. The first kappa shape index (κ1) is 18.2. The Bertz CT molecular complexity index is 700. The van der Waals surface area contributed by atoms with Gasteiger partial charge in [0, 0.05) is 32.2 Å². The van der Waals surface area contributed by atoms with E-state index < -0.39 is 6.04 Å². The maximum atomic E-state index is 12.9. The Morgan fingerprint density at radius 1 is 1.19 bits per heavy atom. The molecule has 1 atom stereocenters. The highest BCUT2D eigenvalue weighted by Crippen LogP contribution is 2.28. The van der Waals surface area contributed by atoms with Crippen LogP contribution in [0.3, 0.4) is 0 Å². The summed E-state index contributed by atoms with van der Waals surface area (Å²) in [5.74, 6) is 0.142. The van der Waals surface area contributed by atoms with Crippen molar-refractivity contribution in [1.82, 2.24) is 9.80 Å². The van der Waals surface area contributed by atoms with Crippen molar-refractivity contribution in [3.05, 3.63) is 24.3 Å². The maximum Gasteiger partial charge on any atom is 0.409 e. The number of hydrogen-bond donors (Lipinski definition) is 0. The van der Waals surface area contributed by atoms with Gasteiger partial charge in [-0.25, -0.2) is 9.69 Å². The number of nitrogens with zero attached hydrogens (tertiary/aromatic N) is 3. The van der Waals surface area contributed by atoms with Crippen LogP contribution < -0.4 is 9.64 Å². The van der Waals surface area contributed by atoms with Gasteiger partial charge in [-0.1, -0.05) is 6.07 Å². The fourth-order valence-corrected chi connectivity index (χ4v) is 3.35. The number of carbonyl (C=O) groups is 3. The highest BCUT2D eigenvalue weighted by Gasteiger charge is 2.43. The SMILES string of the molecule is CCOC(=O)N1CCN(C2CC(=O)N(c3cccc(OC)c3)C2=O)CC1. The molecule has 2 aliphatic heterocycles. The molecule has 2 aliphatic rings. The Balaban J connectivity index is 1.67.